The molecule has 0 amide bonds. The van der Waals surface area contributed by atoms with Gasteiger partial charge >= 0.3 is 6.18 Å². The van der Waals surface area contributed by atoms with E-state index in [2.05, 4.69) is 10.2 Å². The monoisotopic (exact) mass is 276 g/mol. The quantitative estimate of drug-likeness (QED) is 0.854. The molecular formula is C13H16F4N2. The van der Waals surface area contributed by atoms with Crippen molar-refractivity contribution in [2.24, 2.45) is 0 Å². The van der Waals surface area contributed by atoms with Gasteiger partial charge < -0.3 is 5.32 Å². The van der Waals surface area contributed by atoms with Crippen LogP contribution in [-0.4, -0.2) is 31.1 Å². The van der Waals surface area contributed by atoms with E-state index in [0.29, 0.717) is 18.2 Å². The highest BCUT2D eigenvalue weighted by Gasteiger charge is 2.34. The Bertz CT molecular complexity index is 445. The molecule has 19 heavy (non-hydrogen) atoms. The van der Waals surface area contributed by atoms with Gasteiger partial charge in [-0.2, -0.15) is 13.2 Å². The van der Waals surface area contributed by atoms with Crippen molar-refractivity contribution >= 4 is 0 Å². The van der Waals surface area contributed by atoms with E-state index in [-0.39, 0.29) is 0 Å². The summed E-state index contributed by atoms with van der Waals surface area (Å²) < 4.78 is 50.9. The molecule has 1 saturated heterocycles. The number of likely N-dealkylation sites (N-methyl/N-ethyl adjacent to an activating group) is 1. The summed E-state index contributed by atoms with van der Waals surface area (Å²) in [5, 5.41) is 3.14. The van der Waals surface area contributed by atoms with Crippen LogP contribution >= 0.6 is 0 Å². The molecule has 0 aliphatic carbocycles. The molecule has 106 valence electrons. The lowest BCUT2D eigenvalue weighted by Crippen LogP contribution is -2.29. The van der Waals surface area contributed by atoms with Gasteiger partial charge in [-0.1, -0.05) is 6.07 Å². The van der Waals surface area contributed by atoms with Gasteiger partial charge in [0.05, 0.1) is 5.56 Å². The first-order valence-electron chi connectivity index (χ1n) is 6.15. The van der Waals surface area contributed by atoms with Crippen molar-refractivity contribution in [1.29, 1.82) is 0 Å². The average molecular weight is 276 g/mol. The summed E-state index contributed by atoms with van der Waals surface area (Å²) in [5.74, 6) is -1.22. The van der Waals surface area contributed by atoms with Crippen LogP contribution in [0.4, 0.5) is 17.6 Å². The molecule has 1 fully saturated rings. The third kappa shape index (κ3) is 3.45. The fraction of sp³-hybridized carbons (Fsp3) is 0.538. The number of nitrogens with one attached hydrogen (secondary N) is 1. The van der Waals surface area contributed by atoms with Crippen molar-refractivity contribution in [2.45, 2.75) is 25.2 Å². The smallest absolute Gasteiger partial charge is 0.316 e. The normalized spacial score (nSPS) is 21.0. The Kier molecular flexibility index (Phi) is 4.10. The zero-order valence-electron chi connectivity index (χ0n) is 10.6. The van der Waals surface area contributed by atoms with Gasteiger partial charge in [0.2, 0.25) is 0 Å². The van der Waals surface area contributed by atoms with Gasteiger partial charge in [0, 0.05) is 25.7 Å². The molecule has 0 aromatic heterocycles. The van der Waals surface area contributed by atoms with Crippen molar-refractivity contribution in [3.05, 3.63) is 35.1 Å². The largest absolute Gasteiger partial charge is 0.419 e. The third-order valence-electron chi connectivity index (χ3n) is 3.42. The molecule has 1 heterocycles. The van der Waals surface area contributed by atoms with Crippen molar-refractivity contribution < 1.29 is 17.6 Å². The molecule has 1 aromatic rings. The molecule has 1 aromatic carbocycles. The fourth-order valence-corrected chi connectivity index (χ4v) is 2.36. The molecular weight excluding hydrogens is 260 g/mol. The molecule has 0 radical (unpaired) electrons. The maximum atomic E-state index is 13.2. The van der Waals surface area contributed by atoms with E-state index in [1.807, 2.05) is 7.05 Å². The standard InChI is InChI=1S/C13H16F4N2/c1-18-10-4-5-19(8-10)7-9-2-3-12(14)11(6-9)13(15,16)17/h2-3,6,10,18H,4-5,7-8H2,1H3. The van der Waals surface area contributed by atoms with E-state index in [0.717, 1.165) is 31.6 Å². The second-order valence-corrected chi connectivity index (χ2v) is 4.82. The Morgan fingerprint density at radius 1 is 1.37 bits per heavy atom. The lowest BCUT2D eigenvalue weighted by Gasteiger charge is -2.17. The molecule has 2 nitrogen and oxygen atoms in total. The van der Waals surface area contributed by atoms with Crippen LogP contribution in [0.3, 0.4) is 0 Å². The predicted molar refractivity (Wildman–Crippen MR) is 64.1 cm³/mol. The number of rotatable bonds is 3. The minimum atomic E-state index is -4.64. The number of hydrogen-bond acceptors (Lipinski definition) is 2. The van der Waals surface area contributed by atoms with Crippen molar-refractivity contribution in [3.8, 4) is 0 Å². The number of alkyl halides is 3. The minimum Gasteiger partial charge on any atom is -0.316 e. The van der Waals surface area contributed by atoms with Crippen LogP contribution < -0.4 is 5.32 Å². The Balaban J connectivity index is 2.10. The molecule has 1 aliphatic rings. The zero-order valence-corrected chi connectivity index (χ0v) is 10.6. The van der Waals surface area contributed by atoms with Crippen molar-refractivity contribution in [1.82, 2.24) is 10.2 Å². The SMILES string of the molecule is CNC1CCN(Cc2ccc(F)c(C(F)(F)F)c2)C1. The summed E-state index contributed by atoms with van der Waals surface area (Å²) in [5.41, 5.74) is -0.695. The van der Waals surface area contributed by atoms with Gasteiger partial charge in [-0.15, -0.1) is 0 Å². The summed E-state index contributed by atoms with van der Waals surface area (Å²) in [7, 11) is 1.87. The van der Waals surface area contributed by atoms with Crippen LogP contribution in [0.25, 0.3) is 0 Å². The second-order valence-electron chi connectivity index (χ2n) is 4.82. The number of hydrogen-bond donors (Lipinski definition) is 1. The highest BCUT2D eigenvalue weighted by atomic mass is 19.4. The summed E-state index contributed by atoms with van der Waals surface area (Å²) in [6.07, 6.45) is -3.66. The number of halogens is 4. The molecule has 0 spiro atoms. The van der Waals surface area contributed by atoms with E-state index in [4.69, 9.17) is 0 Å². The highest BCUT2D eigenvalue weighted by molar-refractivity contribution is 5.27. The first-order chi connectivity index (χ1) is 8.90. The topological polar surface area (TPSA) is 15.3 Å². The molecule has 6 heteroatoms. The van der Waals surface area contributed by atoms with Crippen LogP contribution in [0.5, 0.6) is 0 Å². The molecule has 1 aliphatic heterocycles. The van der Waals surface area contributed by atoms with Gasteiger partial charge in [0.25, 0.3) is 0 Å². The van der Waals surface area contributed by atoms with Gasteiger partial charge in [0.1, 0.15) is 5.82 Å². The molecule has 1 unspecified atom stereocenters. The number of benzene rings is 1. The van der Waals surface area contributed by atoms with Gasteiger partial charge in [0.15, 0.2) is 0 Å². The molecule has 0 saturated carbocycles. The van der Waals surface area contributed by atoms with E-state index >= 15 is 0 Å². The maximum absolute atomic E-state index is 13.2. The molecule has 2 rings (SSSR count). The Labute approximate surface area is 109 Å². The van der Waals surface area contributed by atoms with Crippen LogP contribution in [0.1, 0.15) is 17.5 Å². The maximum Gasteiger partial charge on any atom is 0.419 e. The fourth-order valence-electron chi connectivity index (χ4n) is 2.36. The number of likely N-dealkylation sites (tertiary alicyclic amines) is 1. The van der Waals surface area contributed by atoms with Gasteiger partial charge in [-0.3, -0.25) is 4.90 Å². The Morgan fingerprint density at radius 3 is 2.68 bits per heavy atom. The number of nitrogens with zero attached hydrogens (tertiary/aromatic N) is 1. The van der Waals surface area contributed by atoms with E-state index in [9.17, 15) is 17.6 Å². The lowest BCUT2D eigenvalue weighted by atomic mass is 10.1. The van der Waals surface area contributed by atoms with E-state index in [1.54, 1.807) is 0 Å². The Hall–Kier alpha value is -1.14. The second kappa shape index (κ2) is 5.46. The van der Waals surface area contributed by atoms with Gasteiger partial charge in [-0.25, -0.2) is 4.39 Å². The third-order valence-corrected chi connectivity index (χ3v) is 3.42. The van der Waals surface area contributed by atoms with Crippen LogP contribution in [0.15, 0.2) is 18.2 Å². The molecule has 0 bridgehead atoms. The zero-order chi connectivity index (χ0) is 14.0. The lowest BCUT2D eigenvalue weighted by molar-refractivity contribution is -0.140. The van der Waals surface area contributed by atoms with Crippen molar-refractivity contribution in [2.75, 3.05) is 20.1 Å². The first kappa shape index (κ1) is 14.3. The summed E-state index contributed by atoms with van der Waals surface area (Å²) in [6, 6.07) is 3.59. The predicted octanol–water partition coefficient (Wildman–Crippen LogP) is 2.64. The van der Waals surface area contributed by atoms with Crippen LogP contribution in [0, 0.1) is 5.82 Å². The van der Waals surface area contributed by atoms with Crippen LogP contribution in [-0.2, 0) is 12.7 Å². The first-order valence-corrected chi connectivity index (χ1v) is 6.15. The van der Waals surface area contributed by atoms with Crippen LogP contribution in [0.2, 0.25) is 0 Å². The summed E-state index contributed by atoms with van der Waals surface area (Å²) in [4.78, 5) is 2.06. The van der Waals surface area contributed by atoms with Gasteiger partial charge in [-0.05, 0) is 31.2 Å². The average Bonchev–Trinajstić information content (AvgIpc) is 2.78. The van der Waals surface area contributed by atoms with Crippen molar-refractivity contribution in [3.63, 3.8) is 0 Å². The molecule has 1 atom stereocenters. The minimum absolute atomic E-state index is 0.377. The summed E-state index contributed by atoms with van der Waals surface area (Å²) >= 11 is 0. The van der Waals surface area contributed by atoms with E-state index in [1.165, 1.54) is 6.07 Å². The van der Waals surface area contributed by atoms with E-state index < -0.39 is 17.6 Å². The Morgan fingerprint density at radius 2 is 2.11 bits per heavy atom. The molecule has 1 N–H and O–H groups in total. The highest BCUT2D eigenvalue weighted by Crippen LogP contribution is 2.32. The summed E-state index contributed by atoms with van der Waals surface area (Å²) in [6.45, 7) is 2.06.